The van der Waals surface area contributed by atoms with E-state index < -0.39 is 0 Å². The third-order valence-corrected chi connectivity index (χ3v) is 6.32. The number of anilines is 2. The second kappa shape index (κ2) is 7.20. The van der Waals surface area contributed by atoms with Crippen molar-refractivity contribution in [1.82, 2.24) is 4.98 Å². The summed E-state index contributed by atoms with van der Waals surface area (Å²) in [4.78, 5) is 4.65. The molecule has 0 saturated heterocycles. The zero-order valence-electron chi connectivity index (χ0n) is 16.6. The lowest BCUT2D eigenvalue weighted by atomic mass is 9.79. The number of hydrogen-bond donors (Lipinski definition) is 2. The van der Waals surface area contributed by atoms with Crippen LogP contribution in [0, 0.1) is 6.92 Å². The number of aryl methyl sites for hydroxylation is 1. The number of nitrogens with one attached hydrogen (secondary N) is 1. The molecule has 0 bridgehead atoms. The Morgan fingerprint density at radius 2 is 1.60 bits per heavy atom. The van der Waals surface area contributed by atoms with Crippen LogP contribution in [0.3, 0.4) is 0 Å². The Kier molecular flexibility index (Phi) is 5.79. The van der Waals surface area contributed by atoms with Gasteiger partial charge in [-0.3, -0.25) is 0 Å². The van der Waals surface area contributed by atoms with Gasteiger partial charge in [0.1, 0.15) is 5.75 Å². The fourth-order valence-corrected chi connectivity index (χ4v) is 4.74. The molecular formula is C20H30N2OS2. The van der Waals surface area contributed by atoms with E-state index in [2.05, 4.69) is 65.7 Å². The molecule has 0 aliphatic carbocycles. The predicted octanol–water partition coefficient (Wildman–Crippen LogP) is 6.61. The number of rotatable bonds is 4. The Hall–Kier alpha value is -1.20. The van der Waals surface area contributed by atoms with E-state index in [9.17, 15) is 5.11 Å². The predicted molar refractivity (Wildman–Crippen MR) is 112 cm³/mol. The summed E-state index contributed by atoms with van der Waals surface area (Å²) in [6, 6.07) is 4.10. The molecule has 2 aromatic rings. The van der Waals surface area contributed by atoms with Gasteiger partial charge in [-0.1, -0.05) is 59.8 Å². The summed E-state index contributed by atoms with van der Waals surface area (Å²) in [5.74, 6) is 1.45. The molecule has 0 radical (unpaired) electrons. The first-order valence-corrected chi connectivity index (χ1v) is 10.5. The second-order valence-electron chi connectivity index (χ2n) is 8.37. The van der Waals surface area contributed by atoms with Crippen LogP contribution in [0.4, 0.5) is 10.8 Å². The SMILES string of the molecule is CCSc1sc(Nc2cc(C(C)(C)C)c(O)c(C(C)(C)C)c2)nc1C. The summed E-state index contributed by atoms with van der Waals surface area (Å²) < 4.78 is 1.26. The third kappa shape index (κ3) is 4.70. The topological polar surface area (TPSA) is 45.1 Å². The van der Waals surface area contributed by atoms with E-state index >= 15 is 0 Å². The highest BCUT2D eigenvalue weighted by atomic mass is 32.2. The quantitative estimate of drug-likeness (QED) is 0.464. The monoisotopic (exact) mass is 378 g/mol. The molecule has 0 spiro atoms. The molecule has 2 N–H and O–H groups in total. The van der Waals surface area contributed by atoms with E-state index in [0.29, 0.717) is 5.75 Å². The zero-order chi connectivity index (χ0) is 19.0. The Labute approximate surface area is 160 Å². The van der Waals surface area contributed by atoms with Crippen LogP contribution in [0.2, 0.25) is 0 Å². The van der Waals surface area contributed by atoms with Gasteiger partial charge in [0, 0.05) is 16.8 Å². The fourth-order valence-electron chi connectivity index (χ4n) is 2.67. The van der Waals surface area contributed by atoms with Crippen molar-refractivity contribution >= 4 is 33.9 Å². The van der Waals surface area contributed by atoms with Crippen molar-refractivity contribution in [3.8, 4) is 5.75 Å². The molecule has 0 aliphatic heterocycles. The van der Waals surface area contributed by atoms with E-state index in [-0.39, 0.29) is 10.8 Å². The van der Waals surface area contributed by atoms with Gasteiger partial charge >= 0.3 is 0 Å². The van der Waals surface area contributed by atoms with Crippen molar-refractivity contribution < 1.29 is 5.11 Å². The van der Waals surface area contributed by atoms with Gasteiger partial charge in [0.25, 0.3) is 0 Å². The van der Waals surface area contributed by atoms with Crippen LogP contribution in [-0.4, -0.2) is 15.8 Å². The van der Waals surface area contributed by atoms with Crippen molar-refractivity contribution in [1.29, 1.82) is 0 Å². The first-order chi connectivity index (χ1) is 11.4. The molecular weight excluding hydrogens is 348 g/mol. The molecule has 1 aromatic carbocycles. The standard InChI is InChI=1S/C20H30N2OS2/c1-9-24-17-12(2)21-18(25-17)22-13-10-14(19(3,4)5)16(23)15(11-13)20(6,7)8/h10-11,23H,9H2,1-8H3,(H,21,22). The van der Waals surface area contributed by atoms with Crippen LogP contribution < -0.4 is 5.32 Å². The van der Waals surface area contributed by atoms with E-state index in [1.54, 1.807) is 11.3 Å². The molecule has 0 aliphatic rings. The first-order valence-electron chi connectivity index (χ1n) is 8.68. The van der Waals surface area contributed by atoms with Crippen LogP contribution in [0.5, 0.6) is 5.75 Å². The summed E-state index contributed by atoms with van der Waals surface area (Å²) in [5.41, 5.74) is 3.70. The number of phenolic OH excluding ortho intramolecular Hbond substituents is 1. The summed E-state index contributed by atoms with van der Waals surface area (Å²) >= 11 is 3.51. The molecule has 0 amide bonds. The first kappa shape index (κ1) is 20.1. The number of thioether (sulfide) groups is 1. The lowest BCUT2D eigenvalue weighted by Crippen LogP contribution is -2.17. The summed E-state index contributed by atoms with van der Waals surface area (Å²) in [6.07, 6.45) is 0. The lowest BCUT2D eigenvalue weighted by Gasteiger charge is -2.28. The number of aromatic hydroxyl groups is 1. The number of benzene rings is 1. The van der Waals surface area contributed by atoms with E-state index in [0.717, 1.165) is 33.4 Å². The molecule has 5 heteroatoms. The van der Waals surface area contributed by atoms with Crippen molar-refractivity contribution in [2.75, 3.05) is 11.1 Å². The smallest absolute Gasteiger partial charge is 0.188 e. The van der Waals surface area contributed by atoms with Gasteiger partial charge in [0.05, 0.1) is 9.90 Å². The Morgan fingerprint density at radius 3 is 2.04 bits per heavy atom. The fraction of sp³-hybridized carbons (Fsp3) is 0.550. The summed E-state index contributed by atoms with van der Waals surface area (Å²) in [7, 11) is 0. The van der Waals surface area contributed by atoms with Gasteiger partial charge in [-0.2, -0.15) is 0 Å². The van der Waals surface area contributed by atoms with Crippen LogP contribution in [0.25, 0.3) is 0 Å². The number of aromatic nitrogens is 1. The highest BCUT2D eigenvalue weighted by molar-refractivity contribution is 8.01. The van der Waals surface area contributed by atoms with E-state index in [4.69, 9.17) is 0 Å². The average molecular weight is 379 g/mol. The number of thiazole rings is 1. The number of hydrogen-bond acceptors (Lipinski definition) is 5. The molecule has 2 rings (SSSR count). The average Bonchev–Trinajstić information content (AvgIpc) is 2.78. The molecule has 0 atom stereocenters. The molecule has 0 saturated carbocycles. The lowest BCUT2D eigenvalue weighted by molar-refractivity contribution is 0.423. The maximum atomic E-state index is 10.8. The van der Waals surface area contributed by atoms with Crippen molar-refractivity contribution in [3.05, 3.63) is 29.0 Å². The minimum atomic E-state index is -0.135. The third-order valence-electron chi connectivity index (χ3n) is 4.01. The number of phenols is 1. The van der Waals surface area contributed by atoms with Gasteiger partial charge in [-0.25, -0.2) is 4.98 Å². The molecule has 25 heavy (non-hydrogen) atoms. The van der Waals surface area contributed by atoms with Crippen LogP contribution in [-0.2, 0) is 10.8 Å². The van der Waals surface area contributed by atoms with Gasteiger partial charge in [-0.05, 0) is 35.6 Å². The van der Waals surface area contributed by atoms with Gasteiger partial charge in [0.2, 0.25) is 0 Å². The number of nitrogens with zero attached hydrogens (tertiary/aromatic N) is 1. The van der Waals surface area contributed by atoms with Crippen LogP contribution in [0.1, 0.15) is 65.3 Å². The van der Waals surface area contributed by atoms with Gasteiger partial charge in [-0.15, -0.1) is 11.8 Å². The van der Waals surface area contributed by atoms with Crippen molar-refractivity contribution in [3.63, 3.8) is 0 Å². The molecule has 1 aromatic heterocycles. The molecule has 0 unspecified atom stereocenters. The zero-order valence-corrected chi connectivity index (χ0v) is 18.2. The molecule has 3 nitrogen and oxygen atoms in total. The minimum absolute atomic E-state index is 0.135. The van der Waals surface area contributed by atoms with Gasteiger partial charge < -0.3 is 10.4 Å². The van der Waals surface area contributed by atoms with Crippen LogP contribution in [0.15, 0.2) is 16.3 Å². The largest absolute Gasteiger partial charge is 0.507 e. The maximum Gasteiger partial charge on any atom is 0.188 e. The molecule has 138 valence electrons. The van der Waals surface area contributed by atoms with Crippen molar-refractivity contribution in [2.45, 2.75) is 70.4 Å². The summed E-state index contributed by atoms with van der Waals surface area (Å²) in [5, 5.41) is 15.2. The maximum absolute atomic E-state index is 10.8. The van der Waals surface area contributed by atoms with Crippen LogP contribution >= 0.6 is 23.1 Å². The minimum Gasteiger partial charge on any atom is -0.507 e. The molecule has 0 fully saturated rings. The summed E-state index contributed by atoms with van der Waals surface area (Å²) in [6.45, 7) is 17.0. The Balaban J connectivity index is 2.49. The second-order valence-corrected chi connectivity index (χ2v) is 10.9. The highest BCUT2D eigenvalue weighted by Crippen LogP contribution is 2.42. The normalized spacial score (nSPS) is 12.5. The Morgan fingerprint density at radius 1 is 1.08 bits per heavy atom. The highest BCUT2D eigenvalue weighted by Gasteiger charge is 2.26. The van der Waals surface area contributed by atoms with E-state index in [1.165, 1.54) is 4.21 Å². The van der Waals surface area contributed by atoms with E-state index in [1.807, 2.05) is 23.9 Å². The van der Waals surface area contributed by atoms with Gasteiger partial charge in [0.15, 0.2) is 5.13 Å². The van der Waals surface area contributed by atoms with Crippen molar-refractivity contribution in [2.24, 2.45) is 0 Å². The molecule has 1 heterocycles. The Bertz CT molecular complexity index is 717.